The van der Waals surface area contributed by atoms with Crippen molar-refractivity contribution >= 4 is 16.5 Å². The lowest BCUT2D eigenvalue weighted by Crippen LogP contribution is -1.38. The lowest BCUT2D eigenvalue weighted by molar-refractivity contribution is 0.403. The summed E-state index contributed by atoms with van der Waals surface area (Å²) in [6.45, 7) is 6.00. The quantitative estimate of drug-likeness (QED) is 0.303. The second-order valence-corrected chi connectivity index (χ2v) is 1.52. The zero-order valence-electron chi connectivity index (χ0n) is 5.41. The van der Waals surface area contributed by atoms with Gasteiger partial charge in [-0.3, -0.25) is 0 Å². The number of hydrogen-bond donors (Lipinski definition) is 4. The Labute approximate surface area is 64.8 Å². The maximum Gasteiger partial charge on any atom is 0.692 e. The average molecular weight is 208 g/mol. The highest BCUT2D eigenvalue weighted by molar-refractivity contribution is 7.31. The van der Waals surface area contributed by atoms with E-state index in [0.29, 0.717) is 0 Å². The van der Waals surface area contributed by atoms with Gasteiger partial charge in [0.25, 0.3) is 0 Å². The van der Waals surface area contributed by atoms with E-state index in [1.807, 2.05) is 0 Å². The molecule has 68 valence electrons. The molecule has 0 aromatic rings. The van der Waals surface area contributed by atoms with Crippen LogP contribution in [0, 0.1) is 0 Å². The molecule has 0 aromatic heterocycles. The van der Waals surface area contributed by atoms with Crippen LogP contribution in [0.2, 0.25) is 0 Å². The fourth-order valence-corrected chi connectivity index (χ4v) is 0. The van der Waals surface area contributed by atoms with Gasteiger partial charge in [-0.1, -0.05) is 0 Å². The normalized spacial score (nSPS) is 5.09. The van der Waals surface area contributed by atoms with E-state index >= 15 is 0 Å². The lowest BCUT2D eigenvalue weighted by atomic mass is 11.3. The molecule has 0 bridgehead atoms. The van der Waals surface area contributed by atoms with Gasteiger partial charge in [-0.25, -0.2) is 0 Å². The molecule has 0 unspecified atom stereocenters. The molecule has 0 aromatic carbocycles. The van der Waals surface area contributed by atoms with Gasteiger partial charge in [-0.15, -0.1) is 32.7 Å². The lowest BCUT2D eigenvalue weighted by Gasteiger charge is -1.34. The molecule has 0 spiro atoms. The summed E-state index contributed by atoms with van der Waals surface area (Å²) in [5.41, 5.74) is 0. The molecule has 7 nitrogen and oxygen atoms in total. The predicted octanol–water partition coefficient (Wildman–Crippen LogP) is -0.766. The smallest absolute Gasteiger partial charge is 0.412 e. The first-order valence-corrected chi connectivity index (χ1v) is 4.00. The summed E-state index contributed by atoms with van der Waals surface area (Å²) in [4.78, 5) is 28.5. The summed E-state index contributed by atoms with van der Waals surface area (Å²) in [5, 5.41) is 0. The molecular formula is C2H10O7P2+2. The molecule has 0 aliphatic carbocycles. The molecule has 0 radical (unpaired) electrons. The van der Waals surface area contributed by atoms with E-state index in [2.05, 4.69) is 13.2 Å². The molecule has 0 atom stereocenters. The Kier molecular flexibility index (Phi) is 46.0. The molecule has 6 N–H and O–H groups in total. The third-order valence-electron chi connectivity index (χ3n) is 0. The van der Waals surface area contributed by atoms with Crippen LogP contribution in [0.15, 0.2) is 13.2 Å². The van der Waals surface area contributed by atoms with E-state index in [1.54, 1.807) is 0 Å². The van der Waals surface area contributed by atoms with Gasteiger partial charge in [-0.05, 0) is 0 Å². The van der Waals surface area contributed by atoms with Crippen LogP contribution in [0.4, 0.5) is 0 Å². The predicted molar refractivity (Wildman–Crippen MR) is 39.0 cm³/mol. The van der Waals surface area contributed by atoms with Crippen molar-refractivity contribution < 1.29 is 34.2 Å². The van der Waals surface area contributed by atoms with Crippen LogP contribution in [0.25, 0.3) is 0 Å². The summed E-state index contributed by atoms with van der Waals surface area (Å²) in [6, 6.07) is 0. The topological polar surface area (TPSA) is 147 Å². The highest BCUT2D eigenvalue weighted by Gasteiger charge is 1.93. The Bertz CT molecular complexity index is 82.6. The second kappa shape index (κ2) is 22.6. The molecule has 0 fully saturated rings. The van der Waals surface area contributed by atoms with Gasteiger partial charge in [0.1, 0.15) is 0 Å². The summed E-state index contributed by atoms with van der Waals surface area (Å²) in [7, 11) is -5.74. The van der Waals surface area contributed by atoms with E-state index in [4.69, 9.17) is 28.7 Å². The molecule has 0 saturated carbocycles. The SMILES string of the molecule is C=C.O.O=[P+](O)O.O=[P+](O)O. The Morgan fingerprint density at radius 2 is 0.818 bits per heavy atom. The highest BCUT2D eigenvalue weighted by Crippen LogP contribution is 1.98. The first-order valence-electron chi connectivity index (χ1n) is 1.67. The minimum absolute atomic E-state index is 0. The van der Waals surface area contributed by atoms with Crippen molar-refractivity contribution in [3.05, 3.63) is 13.2 Å². The van der Waals surface area contributed by atoms with E-state index in [1.165, 1.54) is 0 Å². The largest absolute Gasteiger partial charge is 0.692 e. The maximum atomic E-state index is 8.70. The Morgan fingerprint density at radius 1 is 0.818 bits per heavy atom. The summed E-state index contributed by atoms with van der Waals surface area (Å²) < 4.78 is 17.4. The Hall–Kier alpha value is -0.260. The van der Waals surface area contributed by atoms with Crippen molar-refractivity contribution in [1.29, 1.82) is 0 Å². The molecule has 0 aliphatic heterocycles. The van der Waals surface area contributed by atoms with Crippen LogP contribution >= 0.6 is 16.5 Å². The van der Waals surface area contributed by atoms with Crippen LogP contribution in [-0.2, 0) is 9.13 Å². The molecule has 0 aliphatic rings. The van der Waals surface area contributed by atoms with Crippen molar-refractivity contribution in [3.63, 3.8) is 0 Å². The third-order valence-corrected chi connectivity index (χ3v) is 0. The molecule has 11 heavy (non-hydrogen) atoms. The van der Waals surface area contributed by atoms with E-state index in [9.17, 15) is 0 Å². The third kappa shape index (κ3) is 8630. The molecule has 9 heteroatoms. The van der Waals surface area contributed by atoms with Gasteiger partial charge >= 0.3 is 16.5 Å². The first-order chi connectivity index (χ1) is 4.46. The fourth-order valence-electron chi connectivity index (χ4n) is 0. The van der Waals surface area contributed by atoms with Gasteiger partial charge in [0.2, 0.25) is 0 Å². The maximum absolute atomic E-state index is 8.70. The molecule has 0 saturated heterocycles. The van der Waals surface area contributed by atoms with Crippen LogP contribution in [0.3, 0.4) is 0 Å². The molecule has 0 amide bonds. The Balaban J connectivity index is -0.0000000339. The zero-order chi connectivity index (χ0) is 9.15. The van der Waals surface area contributed by atoms with Gasteiger partial charge in [0.15, 0.2) is 0 Å². The monoisotopic (exact) mass is 208 g/mol. The first kappa shape index (κ1) is 22.4. The summed E-state index contributed by atoms with van der Waals surface area (Å²) in [6.07, 6.45) is 0. The van der Waals surface area contributed by atoms with Crippen molar-refractivity contribution in [3.8, 4) is 0 Å². The minimum atomic E-state index is -2.87. The number of rotatable bonds is 0. The van der Waals surface area contributed by atoms with Crippen molar-refractivity contribution in [2.75, 3.05) is 0 Å². The fraction of sp³-hybridized carbons (Fsp3) is 0. The summed E-state index contributed by atoms with van der Waals surface area (Å²) >= 11 is 0. The van der Waals surface area contributed by atoms with Crippen LogP contribution < -0.4 is 0 Å². The van der Waals surface area contributed by atoms with Crippen LogP contribution in [0.1, 0.15) is 0 Å². The molecule has 0 rings (SSSR count). The van der Waals surface area contributed by atoms with Crippen LogP contribution in [-0.4, -0.2) is 25.0 Å². The van der Waals surface area contributed by atoms with E-state index in [-0.39, 0.29) is 5.48 Å². The second-order valence-electron chi connectivity index (χ2n) is 0.505. The van der Waals surface area contributed by atoms with E-state index < -0.39 is 16.5 Å². The van der Waals surface area contributed by atoms with Crippen molar-refractivity contribution in [2.45, 2.75) is 0 Å². The van der Waals surface area contributed by atoms with Gasteiger partial charge in [0, 0.05) is 9.13 Å². The number of hydrogen-bond acceptors (Lipinski definition) is 2. The van der Waals surface area contributed by atoms with Crippen molar-refractivity contribution in [2.24, 2.45) is 0 Å². The standard InChI is InChI=1S/C2H4.2HO3P.H2O/c1-2;2*1-4(2)3;/h1-2H2;2*(H-,1,2,3);1H2/p+2. The average Bonchev–Trinajstić information content (AvgIpc) is 1.66. The molecule has 0 heterocycles. The summed E-state index contributed by atoms with van der Waals surface area (Å²) in [5.74, 6) is 0. The zero-order valence-corrected chi connectivity index (χ0v) is 7.20. The van der Waals surface area contributed by atoms with E-state index in [0.717, 1.165) is 0 Å². The van der Waals surface area contributed by atoms with Gasteiger partial charge in [0.05, 0.1) is 0 Å². The van der Waals surface area contributed by atoms with Crippen LogP contribution in [0.5, 0.6) is 0 Å². The van der Waals surface area contributed by atoms with Crippen molar-refractivity contribution in [1.82, 2.24) is 0 Å². The highest BCUT2D eigenvalue weighted by atomic mass is 31.1. The minimum Gasteiger partial charge on any atom is -0.412 e. The van der Waals surface area contributed by atoms with Gasteiger partial charge in [-0.2, -0.15) is 0 Å². The molecular weight excluding hydrogens is 198 g/mol. The Morgan fingerprint density at radius 3 is 0.818 bits per heavy atom. The van der Waals surface area contributed by atoms with Gasteiger partial charge < -0.3 is 5.48 Å².